The van der Waals surface area contributed by atoms with Gasteiger partial charge in [0.2, 0.25) is 5.91 Å². The van der Waals surface area contributed by atoms with Crippen LogP contribution in [0.1, 0.15) is 29.7 Å². The zero-order chi connectivity index (χ0) is 17.0. The Hall–Kier alpha value is -1.79. The largest absolute Gasteiger partial charge is 0.497 e. The summed E-state index contributed by atoms with van der Waals surface area (Å²) in [5.41, 5.74) is 19.1. The predicted octanol–water partition coefficient (Wildman–Crippen LogP) is 2.33. The van der Waals surface area contributed by atoms with Crippen molar-refractivity contribution in [3.8, 4) is 5.75 Å². The molecule has 0 saturated heterocycles. The Labute approximate surface area is 160 Å². The maximum atomic E-state index is 11.4. The molecule has 5 nitrogen and oxygen atoms in total. The van der Waals surface area contributed by atoms with Gasteiger partial charge in [0.15, 0.2) is 0 Å². The molecule has 2 unspecified atom stereocenters. The van der Waals surface area contributed by atoms with Crippen molar-refractivity contribution in [3.63, 3.8) is 0 Å². The fourth-order valence-corrected chi connectivity index (χ4v) is 2.36. The van der Waals surface area contributed by atoms with Crippen molar-refractivity contribution in [2.45, 2.75) is 24.9 Å². The van der Waals surface area contributed by atoms with Crippen LogP contribution in [0.3, 0.4) is 0 Å². The molecule has 25 heavy (non-hydrogen) atoms. The van der Waals surface area contributed by atoms with Crippen molar-refractivity contribution < 1.29 is 9.53 Å². The number of primary amides is 1. The van der Waals surface area contributed by atoms with E-state index < -0.39 is 17.5 Å². The summed E-state index contributed by atoms with van der Waals surface area (Å²) in [5, 5.41) is 0. The van der Waals surface area contributed by atoms with E-state index in [1.807, 2.05) is 48.5 Å². The van der Waals surface area contributed by atoms with Gasteiger partial charge in [-0.2, -0.15) is 0 Å². The monoisotopic (exact) mass is 385 g/mol. The number of ether oxygens (including phenoxy) is 1. The zero-order valence-electron chi connectivity index (χ0n) is 14.3. The first-order valence-corrected chi connectivity index (χ1v) is 7.40. The van der Waals surface area contributed by atoms with E-state index in [1.165, 1.54) is 0 Å². The maximum absolute atomic E-state index is 11.4. The summed E-state index contributed by atoms with van der Waals surface area (Å²) >= 11 is 0. The molecule has 0 radical (unpaired) electrons. The average Bonchev–Trinajstić information content (AvgIpc) is 2.55. The van der Waals surface area contributed by atoms with Gasteiger partial charge in [-0.05, 0) is 42.2 Å². The summed E-state index contributed by atoms with van der Waals surface area (Å²) in [4.78, 5) is 11.4. The fraction of sp³-hybridized carbons (Fsp3) is 0.278. The minimum atomic E-state index is -1.28. The third kappa shape index (κ3) is 5.61. The number of carbonyl (C=O) groups is 1. The van der Waals surface area contributed by atoms with E-state index in [4.69, 9.17) is 21.9 Å². The van der Waals surface area contributed by atoms with Gasteiger partial charge >= 0.3 is 0 Å². The molecular formula is C18H25Cl2N3O2. The molecule has 0 bridgehead atoms. The van der Waals surface area contributed by atoms with E-state index in [1.54, 1.807) is 14.0 Å². The van der Waals surface area contributed by atoms with Gasteiger partial charge < -0.3 is 21.9 Å². The van der Waals surface area contributed by atoms with Gasteiger partial charge in [-0.1, -0.05) is 36.4 Å². The number of benzene rings is 2. The van der Waals surface area contributed by atoms with Crippen LogP contribution in [-0.2, 0) is 11.2 Å². The summed E-state index contributed by atoms with van der Waals surface area (Å²) in [6, 6.07) is 15.0. The molecule has 2 atom stereocenters. The molecular weight excluding hydrogens is 361 g/mol. The van der Waals surface area contributed by atoms with Gasteiger partial charge in [-0.3, -0.25) is 4.79 Å². The molecule has 2 aromatic carbocycles. The topological polar surface area (TPSA) is 104 Å². The highest BCUT2D eigenvalue weighted by atomic mass is 35.5. The SMILES string of the molecule is COc1cccc(Cc2ccc(C(N)C(C)(N)C(N)=O)cc2)c1.Cl.Cl. The van der Waals surface area contributed by atoms with Crippen LogP contribution in [0.4, 0.5) is 0 Å². The van der Waals surface area contributed by atoms with E-state index in [9.17, 15) is 4.79 Å². The molecule has 7 heteroatoms. The number of amides is 1. The second kappa shape index (κ2) is 9.63. The summed E-state index contributed by atoms with van der Waals surface area (Å²) in [6.45, 7) is 1.55. The molecule has 0 saturated carbocycles. The Morgan fingerprint density at radius 1 is 1.12 bits per heavy atom. The first-order chi connectivity index (χ1) is 10.8. The standard InChI is InChI=1S/C18H23N3O2.2ClH/c1-18(21,17(20)22)16(19)14-8-6-12(7-9-14)10-13-4-3-5-15(11-13)23-2;;/h3-9,11,16H,10,19,21H2,1-2H3,(H2,20,22);2*1H. The molecule has 1 amide bonds. The lowest BCUT2D eigenvalue weighted by Crippen LogP contribution is -2.56. The second-order valence-electron chi connectivity index (χ2n) is 5.89. The van der Waals surface area contributed by atoms with Crippen molar-refractivity contribution >= 4 is 30.7 Å². The van der Waals surface area contributed by atoms with Gasteiger partial charge in [0, 0.05) is 0 Å². The van der Waals surface area contributed by atoms with Crippen LogP contribution in [-0.4, -0.2) is 18.6 Å². The number of methoxy groups -OCH3 is 1. The summed E-state index contributed by atoms with van der Waals surface area (Å²) in [7, 11) is 1.65. The molecule has 0 spiro atoms. The summed E-state index contributed by atoms with van der Waals surface area (Å²) < 4.78 is 5.23. The maximum Gasteiger partial charge on any atom is 0.239 e. The zero-order valence-corrected chi connectivity index (χ0v) is 15.9. The van der Waals surface area contributed by atoms with Gasteiger partial charge in [-0.15, -0.1) is 24.8 Å². The molecule has 6 N–H and O–H groups in total. The van der Waals surface area contributed by atoms with Crippen molar-refractivity contribution in [1.29, 1.82) is 0 Å². The summed E-state index contributed by atoms with van der Waals surface area (Å²) in [5.74, 6) is 0.215. The highest BCUT2D eigenvalue weighted by Crippen LogP contribution is 2.23. The Balaban J connectivity index is 0.00000288. The number of nitrogens with two attached hydrogens (primary N) is 3. The normalized spacial score (nSPS) is 13.6. The van der Waals surface area contributed by atoms with Crippen molar-refractivity contribution in [1.82, 2.24) is 0 Å². The fourth-order valence-electron chi connectivity index (χ4n) is 2.36. The van der Waals surface area contributed by atoms with Crippen LogP contribution in [0, 0.1) is 0 Å². The lowest BCUT2D eigenvalue weighted by atomic mass is 9.87. The molecule has 0 aliphatic heterocycles. The van der Waals surface area contributed by atoms with E-state index in [2.05, 4.69) is 0 Å². The van der Waals surface area contributed by atoms with Crippen LogP contribution < -0.4 is 21.9 Å². The highest BCUT2D eigenvalue weighted by Gasteiger charge is 2.34. The van der Waals surface area contributed by atoms with E-state index in [0.29, 0.717) is 0 Å². The van der Waals surface area contributed by atoms with Gasteiger partial charge in [0.1, 0.15) is 11.3 Å². The Morgan fingerprint density at radius 3 is 2.24 bits per heavy atom. The minimum absolute atomic E-state index is 0. The molecule has 0 aliphatic carbocycles. The number of hydrogen-bond acceptors (Lipinski definition) is 4. The quantitative estimate of drug-likeness (QED) is 0.709. The molecule has 0 fully saturated rings. The van der Waals surface area contributed by atoms with Crippen molar-refractivity contribution in [2.24, 2.45) is 17.2 Å². The minimum Gasteiger partial charge on any atom is -0.497 e. The Bertz CT molecular complexity index is 691. The molecule has 0 aliphatic rings. The van der Waals surface area contributed by atoms with Crippen LogP contribution in [0.15, 0.2) is 48.5 Å². The first kappa shape index (κ1) is 23.2. The predicted molar refractivity (Wildman–Crippen MR) is 105 cm³/mol. The molecule has 2 rings (SSSR count). The van der Waals surface area contributed by atoms with Crippen LogP contribution in [0.2, 0.25) is 0 Å². The molecule has 0 heterocycles. The highest BCUT2D eigenvalue weighted by molar-refractivity contribution is 5.86. The van der Waals surface area contributed by atoms with Crippen molar-refractivity contribution in [3.05, 3.63) is 65.2 Å². The first-order valence-electron chi connectivity index (χ1n) is 7.40. The van der Waals surface area contributed by atoms with E-state index in [-0.39, 0.29) is 24.8 Å². The smallest absolute Gasteiger partial charge is 0.239 e. The molecule has 138 valence electrons. The lowest BCUT2D eigenvalue weighted by molar-refractivity contribution is -0.123. The van der Waals surface area contributed by atoms with Crippen LogP contribution >= 0.6 is 24.8 Å². The third-order valence-corrected chi connectivity index (χ3v) is 4.06. The van der Waals surface area contributed by atoms with Gasteiger partial charge in [0.25, 0.3) is 0 Å². The number of halogens is 2. The Morgan fingerprint density at radius 2 is 1.72 bits per heavy atom. The average molecular weight is 386 g/mol. The number of hydrogen-bond donors (Lipinski definition) is 3. The van der Waals surface area contributed by atoms with Crippen LogP contribution in [0.5, 0.6) is 5.75 Å². The Kier molecular flexibility index (Phi) is 8.94. The molecule has 0 aromatic heterocycles. The third-order valence-electron chi connectivity index (χ3n) is 4.06. The van der Waals surface area contributed by atoms with E-state index >= 15 is 0 Å². The van der Waals surface area contributed by atoms with Gasteiger partial charge in [-0.25, -0.2) is 0 Å². The number of carbonyl (C=O) groups excluding carboxylic acids is 1. The summed E-state index contributed by atoms with van der Waals surface area (Å²) in [6.07, 6.45) is 0.780. The van der Waals surface area contributed by atoms with Crippen molar-refractivity contribution in [2.75, 3.05) is 7.11 Å². The lowest BCUT2D eigenvalue weighted by Gasteiger charge is -2.28. The van der Waals surface area contributed by atoms with Crippen LogP contribution in [0.25, 0.3) is 0 Å². The van der Waals surface area contributed by atoms with E-state index in [0.717, 1.165) is 28.9 Å². The molecule has 2 aromatic rings. The second-order valence-corrected chi connectivity index (χ2v) is 5.89. The van der Waals surface area contributed by atoms with Gasteiger partial charge in [0.05, 0.1) is 13.2 Å². The number of rotatable bonds is 6.